The van der Waals surface area contributed by atoms with E-state index in [1.807, 2.05) is 6.92 Å². The molecule has 0 saturated carbocycles. The van der Waals surface area contributed by atoms with E-state index in [1.165, 1.54) is 4.90 Å². The van der Waals surface area contributed by atoms with Crippen LogP contribution in [0.2, 0.25) is 0 Å². The summed E-state index contributed by atoms with van der Waals surface area (Å²) in [4.78, 5) is 13.1. The van der Waals surface area contributed by atoms with Crippen LogP contribution in [0, 0.1) is 5.92 Å². The van der Waals surface area contributed by atoms with Crippen LogP contribution in [0.25, 0.3) is 0 Å². The molecule has 1 heterocycles. The maximum atomic E-state index is 12.0. The highest BCUT2D eigenvalue weighted by molar-refractivity contribution is 5.76. The minimum Gasteiger partial charge on any atom is -0.342 e. The van der Waals surface area contributed by atoms with Crippen LogP contribution >= 0.6 is 0 Å². The predicted molar refractivity (Wildman–Crippen MR) is 58.2 cm³/mol. The number of hydrogen-bond acceptors (Lipinski definition) is 2. The molecule has 0 aromatic heterocycles. The maximum absolute atomic E-state index is 12.0. The Hall–Kier alpha value is -0.780. The molecule has 1 fully saturated rings. The van der Waals surface area contributed by atoms with E-state index < -0.39 is 24.9 Å². The minimum atomic E-state index is -4.26. The molecule has 17 heavy (non-hydrogen) atoms. The number of piperidine rings is 1. The molecule has 1 aliphatic heterocycles. The van der Waals surface area contributed by atoms with E-state index in [-0.39, 0.29) is 12.0 Å². The molecule has 0 radical (unpaired) electrons. The number of alkyl halides is 3. The van der Waals surface area contributed by atoms with Crippen molar-refractivity contribution < 1.29 is 18.0 Å². The largest absolute Gasteiger partial charge is 0.389 e. The molecule has 0 unspecified atom stereocenters. The molecule has 0 bridgehead atoms. The summed E-state index contributed by atoms with van der Waals surface area (Å²) in [7, 11) is 0. The molecular formula is C11H19F3N2O. The van der Waals surface area contributed by atoms with Crippen LogP contribution in [0.15, 0.2) is 0 Å². The number of carbonyl (C=O) groups is 1. The lowest BCUT2D eigenvalue weighted by molar-refractivity contribution is -0.150. The van der Waals surface area contributed by atoms with Crippen LogP contribution in [0.3, 0.4) is 0 Å². The van der Waals surface area contributed by atoms with Gasteiger partial charge in [-0.05, 0) is 25.7 Å². The van der Waals surface area contributed by atoms with Gasteiger partial charge in [0, 0.05) is 25.6 Å². The summed E-state index contributed by atoms with van der Waals surface area (Å²) in [6.07, 6.45) is -3.98. The number of nitrogens with zero attached hydrogens (tertiary/aromatic N) is 1. The second-order valence-corrected chi connectivity index (χ2v) is 4.72. The lowest BCUT2D eigenvalue weighted by Gasteiger charge is -2.34. The first-order chi connectivity index (χ1) is 7.79. The summed E-state index contributed by atoms with van der Waals surface area (Å²) in [6.45, 7) is 2.92. The minimum absolute atomic E-state index is 0.0202. The second-order valence-electron chi connectivity index (χ2n) is 4.72. The predicted octanol–water partition coefficient (Wildman–Crippen LogP) is 1.91. The molecule has 0 aliphatic carbocycles. The van der Waals surface area contributed by atoms with E-state index in [0.29, 0.717) is 13.1 Å². The van der Waals surface area contributed by atoms with Crippen LogP contribution in [0.4, 0.5) is 13.2 Å². The SMILES string of the molecule is C[C@H](N)[C@@H]1CCCN(C(=O)CCC(F)(F)F)C1. The van der Waals surface area contributed by atoms with Crippen LogP contribution in [-0.4, -0.2) is 36.1 Å². The van der Waals surface area contributed by atoms with Gasteiger partial charge in [-0.25, -0.2) is 0 Å². The molecule has 3 nitrogen and oxygen atoms in total. The third-order valence-corrected chi connectivity index (χ3v) is 3.18. The zero-order chi connectivity index (χ0) is 13.1. The van der Waals surface area contributed by atoms with Crippen molar-refractivity contribution in [3.63, 3.8) is 0 Å². The third-order valence-electron chi connectivity index (χ3n) is 3.18. The summed E-state index contributed by atoms with van der Waals surface area (Å²) in [5.41, 5.74) is 5.75. The lowest BCUT2D eigenvalue weighted by Crippen LogP contribution is -2.45. The zero-order valence-corrected chi connectivity index (χ0v) is 9.96. The molecule has 2 N–H and O–H groups in total. The van der Waals surface area contributed by atoms with E-state index >= 15 is 0 Å². The van der Waals surface area contributed by atoms with Gasteiger partial charge in [-0.3, -0.25) is 4.79 Å². The standard InChI is InChI=1S/C11H19F3N2O/c1-8(15)9-3-2-6-16(7-9)10(17)4-5-11(12,13)14/h8-9H,2-7,15H2,1H3/t8-,9+/m0/s1. The van der Waals surface area contributed by atoms with Crippen molar-refractivity contribution in [2.45, 2.75) is 44.8 Å². The van der Waals surface area contributed by atoms with Crippen LogP contribution in [0.5, 0.6) is 0 Å². The summed E-state index contributed by atoms with van der Waals surface area (Å²) in [5, 5.41) is 0. The molecule has 1 amide bonds. The van der Waals surface area contributed by atoms with Crippen molar-refractivity contribution in [2.24, 2.45) is 11.7 Å². The Morgan fingerprint density at radius 3 is 2.71 bits per heavy atom. The van der Waals surface area contributed by atoms with Gasteiger partial charge in [-0.2, -0.15) is 13.2 Å². The number of amides is 1. The van der Waals surface area contributed by atoms with E-state index in [0.717, 1.165) is 12.8 Å². The Labute approximate surface area is 99.1 Å². The highest BCUT2D eigenvalue weighted by Gasteiger charge is 2.31. The van der Waals surface area contributed by atoms with Crippen LogP contribution in [-0.2, 0) is 4.79 Å². The maximum Gasteiger partial charge on any atom is 0.389 e. The van der Waals surface area contributed by atoms with Gasteiger partial charge in [0.25, 0.3) is 0 Å². The molecule has 1 saturated heterocycles. The van der Waals surface area contributed by atoms with Crippen molar-refractivity contribution in [2.75, 3.05) is 13.1 Å². The molecule has 0 spiro atoms. The van der Waals surface area contributed by atoms with Gasteiger partial charge in [0.2, 0.25) is 5.91 Å². The topological polar surface area (TPSA) is 46.3 Å². The van der Waals surface area contributed by atoms with Crippen LogP contribution in [0.1, 0.15) is 32.6 Å². The van der Waals surface area contributed by atoms with Gasteiger partial charge in [0.05, 0.1) is 6.42 Å². The first kappa shape index (κ1) is 14.3. The molecule has 1 rings (SSSR count). The van der Waals surface area contributed by atoms with Crippen LogP contribution < -0.4 is 5.73 Å². The van der Waals surface area contributed by atoms with Crippen molar-refractivity contribution >= 4 is 5.91 Å². The van der Waals surface area contributed by atoms with Gasteiger partial charge in [-0.15, -0.1) is 0 Å². The lowest BCUT2D eigenvalue weighted by atomic mass is 9.92. The van der Waals surface area contributed by atoms with E-state index in [4.69, 9.17) is 5.73 Å². The Kier molecular flexibility index (Phi) is 4.80. The highest BCUT2D eigenvalue weighted by Crippen LogP contribution is 2.24. The smallest absolute Gasteiger partial charge is 0.342 e. The molecule has 6 heteroatoms. The number of likely N-dealkylation sites (tertiary alicyclic amines) is 1. The summed E-state index contributed by atoms with van der Waals surface area (Å²) >= 11 is 0. The fourth-order valence-corrected chi connectivity index (χ4v) is 2.07. The Bertz CT molecular complexity index is 266. The Morgan fingerprint density at radius 1 is 1.53 bits per heavy atom. The van der Waals surface area contributed by atoms with Gasteiger partial charge < -0.3 is 10.6 Å². The van der Waals surface area contributed by atoms with Gasteiger partial charge in [-0.1, -0.05) is 0 Å². The average Bonchev–Trinajstić information content (AvgIpc) is 2.25. The summed E-state index contributed by atoms with van der Waals surface area (Å²) in [5.74, 6) is -0.203. The van der Waals surface area contributed by atoms with Crippen molar-refractivity contribution in [1.82, 2.24) is 4.90 Å². The monoisotopic (exact) mass is 252 g/mol. The zero-order valence-electron chi connectivity index (χ0n) is 9.96. The number of carbonyl (C=O) groups excluding carboxylic acids is 1. The molecular weight excluding hydrogens is 233 g/mol. The van der Waals surface area contributed by atoms with Gasteiger partial charge in [0.15, 0.2) is 0 Å². The first-order valence-corrected chi connectivity index (χ1v) is 5.89. The summed E-state index contributed by atoms with van der Waals surface area (Å²) in [6, 6.07) is -0.0202. The Balaban J connectivity index is 2.41. The highest BCUT2D eigenvalue weighted by atomic mass is 19.4. The fraction of sp³-hybridized carbons (Fsp3) is 0.909. The summed E-state index contributed by atoms with van der Waals surface area (Å²) < 4.78 is 36.0. The molecule has 0 aromatic rings. The van der Waals surface area contributed by atoms with Crippen molar-refractivity contribution in [1.29, 1.82) is 0 Å². The fourth-order valence-electron chi connectivity index (χ4n) is 2.07. The van der Waals surface area contributed by atoms with E-state index in [1.54, 1.807) is 0 Å². The third kappa shape index (κ3) is 4.93. The Morgan fingerprint density at radius 2 is 2.18 bits per heavy atom. The normalized spacial score (nSPS) is 23.6. The van der Waals surface area contributed by atoms with Gasteiger partial charge >= 0.3 is 6.18 Å². The average molecular weight is 252 g/mol. The first-order valence-electron chi connectivity index (χ1n) is 5.89. The van der Waals surface area contributed by atoms with Crippen molar-refractivity contribution in [3.8, 4) is 0 Å². The number of rotatable bonds is 3. The molecule has 2 atom stereocenters. The number of nitrogens with two attached hydrogens (primary N) is 1. The molecule has 1 aliphatic rings. The molecule has 100 valence electrons. The quantitative estimate of drug-likeness (QED) is 0.834. The van der Waals surface area contributed by atoms with E-state index in [2.05, 4.69) is 0 Å². The van der Waals surface area contributed by atoms with E-state index in [9.17, 15) is 18.0 Å². The van der Waals surface area contributed by atoms with Gasteiger partial charge in [0.1, 0.15) is 0 Å². The number of hydrogen-bond donors (Lipinski definition) is 1. The number of halogens is 3. The second kappa shape index (κ2) is 5.71. The van der Waals surface area contributed by atoms with Crippen molar-refractivity contribution in [3.05, 3.63) is 0 Å². The molecule has 0 aromatic carbocycles.